The van der Waals surface area contributed by atoms with E-state index in [1.165, 1.54) is 6.07 Å². The van der Waals surface area contributed by atoms with Crippen LogP contribution in [0.1, 0.15) is 26.7 Å². The molecule has 3 heteroatoms. The summed E-state index contributed by atoms with van der Waals surface area (Å²) in [5, 5.41) is 3.10. The third kappa shape index (κ3) is 2.98. The maximum Gasteiger partial charge on any atom is 0.160 e. The van der Waals surface area contributed by atoms with Crippen LogP contribution in [-0.4, -0.2) is 6.04 Å². The van der Waals surface area contributed by atoms with Crippen molar-refractivity contribution >= 4 is 5.69 Å². The number of benzene rings is 1. The molecule has 14 heavy (non-hydrogen) atoms. The summed E-state index contributed by atoms with van der Waals surface area (Å²) in [6.45, 7) is 4.11. The molecule has 0 aliphatic rings. The summed E-state index contributed by atoms with van der Waals surface area (Å²) in [6.07, 6.45) is 2.08. The van der Waals surface area contributed by atoms with Gasteiger partial charge in [-0.2, -0.15) is 0 Å². The van der Waals surface area contributed by atoms with Gasteiger partial charge in [0.15, 0.2) is 11.6 Å². The highest BCUT2D eigenvalue weighted by molar-refractivity contribution is 5.44. The lowest BCUT2D eigenvalue weighted by molar-refractivity contribution is 0.509. The number of hydrogen-bond acceptors (Lipinski definition) is 1. The molecule has 1 nitrogen and oxygen atoms in total. The summed E-state index contributed by atoms with van der Waals surface area (Å²) >= 11 is 0. The van der Waals surface area contributed by atoms with E-state index in [-0.39, 0.29) is 6.04 Å². The van der Waals surface area contributed by atoms with Gasteiger partial charge in [-0.25, -0.2) is 8.78 Å². The Morgan fingerprint density at radius 2 is 2.00 bits per heavy atom. The second-order valence-electron chi connectivity index (χ2n) is 3.46. The highest BCUT2D eigenvalue weighted by Gasteiger charge is 2.04. The summed E-state index contributed by atoms with van der Waals surface area (Å²) in [4.78, 5) is 0. The van der Waals surface area contributed by atoms with Crippen molar-refractivity contribution in [2.45, 2.75) is 32.7 Å². The smallest absolute Gasteiger partial charge is 0.160 e. The van der Waals surface area contributed by atoms with Crippen LogP contribution in [0.5, 0.6) is 0 Å². The molecular weight excluding hydrogens is 184 g/mol. The van der Waals surface area contributed by atoms with Gasteiger partial charge in [-0.05, 0) is 25.5 Å². The first kappa shape index (κ1) is 11.0. The highest BCUT2D eigenvalue weighted by Crippen LogP contribution is 2.14. The third-order valence-corrected chi connectivity index (χ3v) is 2.05. The van der Waals surface area contributed by atoms with E-state index in [0.717, 1.165) is 18.9 Å². The lowest BCUT2D eigenvalue weighted by Gasteiger charge is -2.14. The van der Waals surface area contributed by atoms with Crippen molar-refractivity contribution < 1.29 is 8.78 Å². The molecule has 1 rings (SSSR count). The molecule has 0 aromatic heterocycles. The standard InChI is InChI=1S/C11H15F2N/c1-3-4-8(2)14-9-5-6-10(12)11(13)7-9/h5-8,14H,3-4H2,1-2H3. The predicted molar refractivity (Wildman–Crippen MR) is 54.4 cm³/mol. The van der Waals surface area contributed by atoms with Crippen molar-refractivity contribution in [2.24, 2.45) is 0 Å². The van der Waals surface area contributed by atoms with Crippen LogP contribution in [0.4, 0.5) is 14.5 Å². The molecule has 1 atom stereocenters. The molecule has 0 aliphatic carbocycles. The van der Waals surface area contributed by atoms with E-state index in [1.54, 1.807) is 6.07 Å². The van der Waals surface area contributed by atoms with Crippen molar-refractivity contribution in [3.05, 3.63) is 29.8 Å². The van der Waals surface area contributed by atoms with Gasteiger partial charge in [-0.1, -0.05) is 13.3 Å². The largest absolute Gasteiger partial charge is 0.383 e. The number of anilines is 1. The van der Waals surface area contributed by atoms with Gasteiger partial charge in [-0.15, -0.1) is 0 Å². The van der Waals surface area contributed by atoms with Crippen LogP contribution in [-0.2, 0) is 0 Å². The van der Waals surface area contributed by atoms with Crippen molar-refractivity contribution in [2.75, 3.05) is 5.32 Å². The Morgan fingerprint density at radius 1 is 1.29 bits per heavy atom. The van der Waals surface area contributed by atoms with Crippen LogP contribution in [0.25, 0.3) is 0 Å². The monoisotopic (exact) mass is 199 g/mol. The Hall–Kier alpha value is -1.12. The molecule has 1 aromatic rings. The molecule has 0 saturated heterocycles. The Kier molecular flexibility index (Phi) is 3.86. The summed E-state index contributed by atoms with van der Waals surface area (Å²) < 4.78 is 25.4. The van der Waals surface area contributed by atoms with Gasteiger partial charge in [0, 0.05) is 17.8 Å². The number of nitrogens with one attached hydrogen (secondary N) is 1. The van der Waals surface area contributed by atoms with Gasteiger partial charge in [0.25, 0.3) is 0 Å². The lowest BCUT2D eigenvalue weighted by Crippen LogP contribution is -2.14. The second-order valence-corrected chi connectivity index (χ2v) is 3.46. The molecule has 78 valence electrons. The van der Waals surface area contributed by atoms with Crippen LogP contribution in [0, 0.1) is 11.6 Å². The second kappa shape index (κ2) is 4.94. The van der Waals surface area contributed by atoms with Crippen LogP contribution < -0.4 is 5.32 Å². The van der Waals surface area contributed by atoms with E-state index in [2.05, 4.69) is 12.2 Å². The van der Waals surface area contributed by atoms with E-state index >= 15 is 0 Å². The van der Waals surface area contributed by atoms with Crippen LogP contribution in [0.15, 0.2) is 18.2 Å². The SMILES string of the molecule is CCCC(C)Nc1ccc(F)c(F)c1. The normalized spacial score (nSPS) is 12.6. The Bertz CT molecular complexity index is 299. The van der Waals surface area contributed by atoms with Gasteiger partial charge in [-0.3, -0.25) is 0 Å². The first-order valence-electron chi connectivity index (χ1n) is 4.85. The number of halogens is 2. The first-order chi connectivity index (χ1) is 6.63. The maximum atomic E-state index is 12.8. The average molecular weight is 199 g/mol. The molecule has 1 aromatic carbocycles. The van der Waals surface area contributed by atoms with Crippen molar-refractivity contribution in [1.82, 2.24) is 0 Å². The Balaban J connectivity index is 2.63. The van der Waals surface area contributed by atoms with E-state index in [4.69, 9.17) is 0 Å². The molecule has 0 bridgehead atoms. The molecule has 0 amide bonds. The molecule has 0 fully saturated rings. The van der Waals surface area contributed by atoms with Crippen LogP contribution >= 0.6 is 0 Å². The zero-order chi connectivity index (χ0) is 10.6. The zero-order valence-corrected chi connectivity index (χ0v) is 8.48. The van der Waals surface area contributed by atoms with Crippen molar-refractivity contribution in [3.8, 4) is 0 Å². The summed E-state index contributed by atoms with van der Waals surface area (Å²) in [7, 11) is 0. The molecule has 1 unspecified atom stereocenters. The third-order valence-electron chi connectivity index (χ3n) is 2.05. The average Bonchev–Trinajstić information content (AvgIpc) is 2.12. The molecule has 0 radical (unpaired) electrons. The van der Waals surface area contributed by atoms with Gasteiger partial charge < -0.3 is 5.32 Å². The molecule has 0 heterocycles. The molecule has 1 N–H and O–H groups in total. The van der Waals surface area contributed by atoms with Crippen molar-refractivity contribution in [1.29, 1.82) is 0 Å². The summed E-state index contributed by atoms with van der Waals surface area (Å²) in [5.41, 5.74) is 0.629. The summed E-state index contributed by atoms with van der Waals surface area (Å²) in [5.74, 6) is -1.61. The fourth-order valence-corrected chi connectivity index (χ4v) is 1.38. The van der Waals surface area contributed by atoms with E-state index < -0.39 is 11.6 Å². The summed E-state index contributed by atoms with van der Waals surface area (Å²) in [6, 6.07) is 4.15. The number of rotatable bonds is 4. The van der Waals surface area contributed by atoms with Gasteiger partial charge in [0.1, 0.15) is 0 Å². The van der Waals surface area contributed by atoms with E-state index in [1.807, 2.05) is 6.92 Å². The topological polar surface area (TPSA) is 12.0 Å². The minimum absolute atomic E-state index is 0.282. The first-order valence-corrected chi connectivity index (χ1v) is 4.85. The predicted octanol–water partition coefficient (Wildman–Crippen LogP) is 3.57. The van der Waals surface area contributed by atoms with Gasteiger partial charge >= 0.3 is 0 Å². The van der Waals surface area contributed by atoms with Crippen LogP contribution in [0.3, 0.4) is 0 Å². The van der Waals surface area contributed by atoms with Crippen molar-refractivity contribution in [3.63, 3.8) is 0 Å². The molecule has 0 aliphatic heterocycles. The van der Waals surface area contributed by atoms with E-state index in [0.29, 0.717) is 5.69 Å². The molecule has 0 saturated carbocycles. The van der Waals surface area contributed by atoms with E-state index in [9.17, 15) is 8.78 Å². The number of hydrogen-bond donors (Lipinski definition) is 1. The Labute approximate surface area is 83.1 Å². The molecule has 0 spiro atoms. The fourth-order valence-electron chi connectivity index (χ4n) is 1.38. The van der Waals surface area contributed by atoms with Gasteiger partial charge in [0.2, 0.25) is 0 Å². The highest BCUT2D eigenvalue weighted by atomic mass is 19.2. The minimum Gasteiger partial charge on any atom is -0.383 e. The molecular formula is C11H15F2N. The minimum atomic E-state index is -0.807. The maximum absolute atomic E-state index is 12.8. The van der Waals surface area contributed by atoms with Crippen LogP contribution in [0.2, 0.25) is 0 Å². The zero-order valence-electron chi connectivity index (χ0n) is 8.48. The fraction of sp³-hybridized carbons (Fsp3) is 0.455. The quantitative estimate of drug-likeness (QED) is 0.781. The van der Waals surface area contributed by atoms with Gasteiger partial charge in [0.05, 0.1) is 0 Å². The Morgan fingerprint density at radius 3 is 2.57 bits per heavy atom. The lowest BCUT2D eigenvalue weighted by atomic mass is 10.2.